The molecule has 2 atom stereocenters. The smallest absolute Gasteiger partial charge is 0.343 e. The van der Waals surface area contributed by atoms with Crippen LogP contribution in [0.3, 0.4) is 0 Å². The fraction of sp³-hybridized carbons (Fsp3) is 0.125. The number of benzene rings is 2. The van der Waals surface area contributed by atoms with E-state index in [2.05, 4.69) is 6.07 Å². The largest absolute Gasteiger partial charge is 0.479 e. The third-order valence-corrected chi connectivity index (χ3v) is 3.05. The van der Waals surface area contributed by atoms with Crippen LogP contribution in [-0.4, -0.2) is 22.2 Å². The Balaban J connectivity index is 2.58. The molecule has 0 amide bonds. The van der Waals surface area contributed by atoms with Crippen molar-refractivity contribution in [2.24, 2.45) is 0 Å². The summed E-state index contributed by atoms with van der Waals surface area (Å²) in [5.41, 5.74) is 0.278. The number of alkyl halides is 2. The van der Waals surface area contributed by atoms with Crippen LogP contribution in [0.2, 0.25) is 0 Å². The van der Waals surface area contributed by atoms with Gasteiger partial charge in [0, 0.05) is 0 Å². The Bertz CT molecular complexity index is 662. The average molecular weight is 305 g/mol. The van der Waals surface area contributed by atoms with E-state index in [-0.39, 0.29) is 11.1 Å². The number of hydrogen-bond acceptors (Lipinski definition) is 2. The molecule has 0 fully saturated rings. The van der Waals surface area contributed by atoms with E-state index < -0.39 is 24.3 Å². The first kappa shape index (κ1) is 15.6. The highest BCUT2D eigenvalue weighted by molar-refractivity contribution is 5.78. The molecule has 2 unspecified atom stereocenters. The van der Waals surface area contributed by atoms with Crippen molar-refractivity contribution in [2.75, 3.05) is 0 Å². The van der Waals surface area contributed by atoms with E-state index in [9.17, 15) is 18.4 Å². The second-order valence-electron chi connectivity index (χ2n) is 4.58. The van der Waals surface area contributed by atoms with Gasteiger partial charge in [0.15, 0.2) is 0 Å². The van der Waals surface area contributed by atoms with Crippen molar-refractivity contribution in [3.8, 4) is 11.1 Å². The Morgan fingerprint density at radius 1 is 0.864 bits per heavy atom. The van der Waals surface area contributed by atoms with E-state index >= 15 is 0 Å². The number of rotatable bonds is 5. The summed E-state index contributed by atoms with van der Waals surface area (Å²) in [5.74, 6) is -3.45. The van der Waals surface area contributed by atoms with Crippen molar-refractivity contribution in [1.29, 1.82) is 0 Å². The topological polar surface area (TPSA) is 74.6 Å². The summed E-state index contributed by atoms with van der Waals surface area (Å²) in [5, 5.41) is 17.5. The lowest BCUT2D eigenvalue weighted by Crippen LogP contribution is -2.10. The van der Waals surface area contributed by atoms with E-state index in [0.717, 1.165) is 6.07 Å². The standard InChI is InChI=1S/C16H11F2O4/c17-13(15(19)20)11-6-10(9-4-2-1-3-5-9)7-12(8-11)14(18)16(21)22/h2-8,13-14H,(H,19,20)(H,21,22). The monoisotopic (exact) mass is 305 g/mol. The zero-order chi connectivity index (χ0) is 16.3. The zero-order valence-electron chi connectivity index (χ0n) is 11.2. The summed E-state index contributed by atoms with van der Waals surface area (Å²) < 4.78 is 27.4. The van der Waals surface area contributed by atoms with Gasteiger partial charge in [0.1, 0.15) is 0 Å². The predicted octanol–water partition coefficient (Wildman–Crippen LogP) is 3.34. The van der Waals surface area contributed by atoms with Crippen LogP contribution in [0.1, 0.15) is 23.5 Å². The van der Waals surface area contributed by atoms with Gasteiger partial charge in [-0.2, -0.15) is 0 Å². The first-order valence-electron chi connectivity index (χ1n) is 6.25. The molecule has 4 nitrogen and oxygen atoms in total. The minimum atomic E-state index is -2.37. The van der Waals surface area contributed by atoms with Gasteiger partial charge in [-0.1, -0.05) is 24.3 Å². The Kier molecular flexibility index (Phi) is 4.50. The second-order valence-corrected chi connectivity index (χ2v) is 4.58. The van der Waals surface area contributed by atoms with Gasteiger partial charge in [-0.3, -0.25) is 0 Å². The zero-order valence-corrected chi connectivity index (χ0v) is 11.2. The molecule has 0 saturated carbocycles. The molecule has 2 N–H and O–H groups in total. The Labute approximate surface area is 124 Å². The van der Waals surface area contributed by atoms with Gasteiger partial charge in [-0.25, -0.2) is 18.4 Å². The number of carboxylic acids is 2. The van der Waals surface area contributed by atoms with Crippen molar-refractivity contribution in [3.63, 3.8) is 0 Å². The maximum Gasteiger partial charge on any atom is 0.343 e. The number of hydrogen-bond donors (Lipinski definition) is 2. The van der Waals surface area contributed by atoms with Crippen LogP contribution >= 0.6 is 0 Å². The fourth-order valence-electron chi connectivity index (χ4n) is 2.00. The fourth-order valence-corrected chi connectivity index (χ4v) is 2.00. The molecular formula is C16H11F2O4. The molecule has 1 radical (unpaired) electrons. The van der Waals surface area contributed by atoms with Crippen LogP contribution in [0.25, 0.3) is 11.1 Å². The van der Waals surface area contributed by atoms with Gasteiger partial charge in [0.25, 0.3) is 0 Å². The highest BCUT2D eigenvalue weighted by Gasteiger charge is 2.24. The molecule has 0 saturated heterocycles. The molecular weight excluding hydrogens is 294 g/mol. The van der Waals surface area contributed by atoms with Gasteiger partial charge >= 0.3 is 11.9 Å². The van der Waals surface area contributed by atoms with E-state index in [0.29, 0.717) is 11.1 Å². The van der Waals surface area contributed by atoms with Gasteiger partial charge in [-0.05, 0) is 46.5 Å². The lowest BCUT2D eigenvalue weighted by molar-refractivity contribution is -0.143. The first-order chi connectivity index (χ1) is 10.4. The first-order valence-corrected chi connectivity index (χ1v) is 6.25. The molecule has 0 aromatic heterocycles. The lowest BCUT2D eigenvalue weighted by atomic mass is 9.96. The van der Waals surface area contributed by atoms with Gasteiger partial charge < -0.3 is 10.2 Å². The third-order valence-electron chi connectivity index (χ3n) is 3.05. The third kappa shape index (κ3) is 3.28. The maximum absolute atomic E-state index is 13.7. The van der Waals surface area contributed by atoms with Gasteiger partial charge in [0.05, 0.1) is 0 Å². The number of carbonyl (C=O) groups is 2. The van der Waals surface area contributed by atoms with Crippen molar-refractivity contribution < 1.29 is 28.6 Å². The molecule has 0 aliphatic carbocycles. The SMILES string of the molecule is O=C(O)C(F)c1cc(-c2cc[c]cc2)cc(C(F)C(=O)O)c1. The summed E-state index contributed by atoms with van der Waals surface area (Å²) in [7, 11) is 0. The van der Waals surface area contributed by atoms with Crippen molar-refractivity contribution in [1.82, 2.24) is 0 Å². The summed E-state index contributed by atoms with van der Waals surface area (Å²) in [6.45, 7) is 0. The molecule has 2 aromatic carbocycles. The van der Waals surface area contributed by atoms with Crippen LogP contribution in [0.4, 0.5) is 8.78 Å². The van der Waals surface area contributed by atoms with Gasteiger partial charge in [0.2, 0.25) is 12.3 Å². The summed E-state index contributed by atoms with van der Waals surface area (Å²) in [6.07, 6.45) is -4.73. The van der Waals surface area contributed by atoms with Crippen molar-refractivity contribution in [2.45, 2.75) is 12.3 Å². The van der Waals surface area contributed by atoms with Crippen LogP contribution in [-0.2, 0) is 9.59 Å². The lowest BCUT2D eigenvalue weighted by Gasteiger charge is -2.12. The van der Waals surface area contributed by atoms with Gasteiger partial charge in [-0.15, -0.1) is 0 Å². The molecule has 0 aliphatic rings. The quantitative estimate of drug-likeness (QED) is 0.888. The van der Waals surface area contributed by atoms with Crippen LogP contribution in [0, 0.1) is 6.07 Å². The average Bonchev–Trinajstić information content (AvgIpc) is 2.53. The van der Waals surface area contributed by atoms with Crippen LogP contribution in [0.5, 0.6) is 0 Å². The molecule has 2 aromatic rings. The Morgan fingerprint density at radius 2 is 1.32 bits per heavy atom. The van der Waals surface area contributed by atoms with E-state index in [1.807, 2.05) is 0 Å². The molecule has 0 heterocycles. The number of aliphatic carboxylic acids is 2. The molecule has 2 rings (SSSR count). The predicted molar refractivity (Wildman–Crippen MR) is 73.7 cm³/mol. The molecule has 6 heteroatoms. The maximum atomic E-state index is 13.7. The summed E-state index contributed by atoms with van der Waals surface area (Å²) >= 11 is 0. The minimum Gasteiger partial charge on any atom is -0.479 e. The van der Waals surface area contributed by atoms with Crippen molar-refractivity contribution in [3.05, 3.63) is 59.7 Å². The number of carboxylic acid groups (broad SMARTS) is 2. The summed E-state index contributed by atoms with van der Waals surface area (Å²) in [6, 6.07) is 12.6. The molecule has 0 aliphatic heterocycles. The van der Waals surface area contributed by atoms with Crippen LogP contribution < -0.4 is 0 Å². The molecule has 22 heavy (non-hydrogen) atoms. The number of halogens is 2. The molecule has 113 valence electrons. The highest BCUT2D eigenvalue weighted by Crippen LogP contribution is 2.30. The second kappa shape index (κ2) is 6.34. The normalized spacial score (nSPS) is 13.4. The Hall–Kier alpha value is -2.76. The van der Waals surface area contributed by atoms with E-state index in [1.54, 1.807) is 24.3 Å². The Morgan fingerprint density at radius 3 is 1.73 bits per heavy atom. The minimum absolute atomic E-state index is 0.309. The van der Waals surface area contributed by atoms with Crippen LogP contribution in [0.15, 0.2) is 42.5 Å². The molecule has 0 bridgehead atoms. The summed E-state index contributed by atoms with van der Waals surface area (Å²) in [4.78, 5) is 21.5. The molecule has 0 spiro atoms. The van der Waals surface area contributed by atoms with Crippen molar-refractivity contribution >= 4 is 11.9 Å². The van der Waals surface area contributed by atoms with E-state index in [1.165, 1.54) is 12.1 Å². The highest BCUT2D eigenvalue weighted by atomic mass is 19.1. The van der Waals surface area contributed by atoms with E-state index in [4.69, 9.17) is 10.2 Å².